The van der Waals surface area contributed by atoms with Gasteiger partial charge in [-0.2, -0.15) is 0 Å². The van der Waals surface area contributed by atoms with Crippen molar-refractivity contribution in [1.29, 1.82) is 0 Å². The maximum atomic E-state index is 10.5. The first-order chi connectivity index (χ1) is 6.18. The summed E-state index contributed by atoms with van der Waals surface area (Å²) in [6, 6.07) is 6.78. The van der Waals surface area contributed by atoms with Gasteiger partial charge < -0.3 is 4.57 Å². The van der Waals surface area contributed by atoms with Gasteiger partial charge in [0.1, 0.15) is 0 Å². The molecule has 0 fully saturated rings. The number of aromatic nitrogens is 1. The summed E-state index contributed by atoms with van der Waals surface area (Å²) in [5, 5.41) is 11.5. The number of nitrogens with zero attached hydrogens (tertiary/aromatic N) is 2. The van der Waals surface area contributed by atoms with Gasteiger partial charge in [-0.05, 0) is 12.1 Å². The fourth-order valence-corrected chi connectivity index (χ4v) is 1.36. The van der Waals surface area contributed by atoms with Crippen LogP contribution in [-0.4, -0.2) is 9.49 Å². The van der Waals surface area contributed by atoms with Crippen LogP contribution < -0.4 is 0 Å². The first kappa shape index (κ1) is 10.5. The van der Waals surface area contributed by atoms with E-state index in [9.17, 15) is 10.1 Å². The summed E-state index contributed by atoms with van der Waals surface area (Å²) in [6.45, 7) is 0. The topological polar surface area (TPSA) is 48.1 Å². The van der Waals surface area contributed by atoms with Crippen LogP contribution in [0.4, 0.5) is 5.69 Å². The van der Waals surface area contributed by atoms with E-state index in [1.54, 1.807) is 12.1 Å². The molecule has 0 aliphatic rings. The second kappa shape index (κ2) is 3.67. The lowest BCUT2D eigenvalue weighted by Gasteiger charge is -1.95. The summed E-state index contributed by atoms with van der Waals surface area (Å²) >= 11 is 0. The van der Waals surface area contributed by atoms with Crippen LogP contribution in [0.3, 0.4) is 0 Å². The van der Waals surface area contributed by atoms with E-state index in [0.29, 0.717) is 0 Å². The van der Waals surface area contributed by atoms with Crippen molar-refractivity contribution in [2.45, 2.75) is 0 Å². The Morgan fingerprint density at radius 2 is 2.07 bits per heavy atom. The standard InChI is InChI=1S/C9H8N2O2.ClH/c1-10-5-4-7-2-3-8(11(12)13)6-9(7)10;/h2-6H,1H3;1H. The molecular weight excluding hydrogens is 204 g/mol. The van der Waals surface area contributed by atoms with Crippen molar-refractivity contribution in [2.24, 2.45) is 7.05 Å². The molecule has 0 unspecified atom stereocenters. The van der Waals surface area contributed by atoms with E-state index in [1.165, 1.54) is 6.07 Å². The predicted octanol–water partition coefficient (Wildman–Crippen LogP) is 2.51. The smallest absolute Gasteiger partial charge is 0.271 e. The Labute approximate surface area is 86.7 Å². The zero-order valence-electron chi connectivity index (χ0n) is 7.51. The number of rotatable bonds is 1. The first-order valence-electron chi connectivity index (χ1n) is 3.88. The molecule has 5 heteroatoms. The number of non-ortho nitro benzene ring substituents is 1. The Morgan fingerprint density at radius 3 is 2.71 bits per heavy atom. The van der Waals surface area contributed by atoms with Crippen molar-refractivity contribution in [3.63, 3.8) is 0 Å². The van der Waals surface area contributed by atoms with Gasteiger partial charge in [0.15, 0.2) is 0 Å². The van der Waals surface area contributed by atoms with Gasteiger partial charge >= 0.3 is 0 Å². The van der Waals surface area contributed by atoms with Crippen LogP contribution in [0.1, 0.15) is 0 Å². The average molecular weight is 213 g/mol. The van der Waals surface area contributed by atoms with Crippen molar-refractivity contribution >= 4 is 29.0 Å². The van der Waals surface area contributed by atoms with Crippen molar-refractivity contribution in [3.05, 3.63) is 40.6 Å². The number of benzene rings is 1. The molecule has 0 aliphatic carbocycles. The number of nitro groups is 1. The first-order valence-corrected chi connectivity index (χ1v) is 3.88. The molecule has 14 heavy (non-hydrogen) atoms. The van der Waals surface area contributed by atoms with Crippen molar-refractivity contribution in [2.75, 3.05) is 0 Å². The minimum absolute atomic E-state index is 0. The molecule has 0 amide bonds. The lowest BCUT2D eigenvalue weighted by Crippen LogP contribution is -1.89. The molecule has 0 aliphatic heterocycles. The Hall–Kier alpha value is -1.55. The summed E-state index contributed by atoms with van der Waals surface area (Å²) in [6.07, 6.45) is 1.88. The van der Waals surface area contributed by atoms with E-state index in [4.69, 9.17) is 0 Å². The quantitative estimate of drug-likeness (QED) is 0.539. The maximum Gasteiger partial charge on any atom is 0.271 e. The van der Waals surface area contributed by atoms with Gasteiger partial charge in [0.2, 0.25) is 0 Å². The molecule has 74 valence electrons. The van der Waals surface area contributed by atoms with Crippen LogP contribution >= 0.6 is 12.4 Å². The Morgan fingerprint density at radius 1 is 1.36 bits per heavy atom. The molecule has 0 spiro atoms. The van der Waals surface area contributed by atoms with Crippen LogP contribution in [0.5, 0.6) is 0 Å². The molecular formula is C9H9ClN2O2. The van der Waals surface area contributed by atoms with Gasteiger partial charge in [-0.15, -0.1) is 12.4 Å². The van der Waals surface area contributed by atoms with Gasteiger partial charge in [0.05, 0.1) is 10.4 Å². The molecule has 1 aromatic carbocycles. The van der Waals surface area contributed by atoms with E-state index >= 15 is 0 Å². The lowest BCUT2D eigenvalue weighted by atomic mass is 10.2. The molecule has 0 N–H and O–H groups in total. The van der Waals surface area contributed by atoms with Crippen LogP contribution in [0.2, 0.25) is 0 Å². The maximum absolute atomic E-state index is 10.5. The van der Waals surface area contributed by atoms with Gasteiger partial charge in [0, 0.05) is 30.8 Å². The fraction of sp³-hybridized carbons (Fsp3) is 0.111. The molecule has 0 atom stereocenters. The summed E-state index contributed by atoms with van der Waals surface area (Å²) in [7, 11) is 1.87. The van der Waals surface area contributed by atoms with Crippen LogP contribution in [-0.2, 0) is 7.05 Å². The number of halogens is 1. The zero-order valence-corrected chi connectivity index (χ0v) is 8.32. The van der Waals surface area contributed by atoms with Gasteiger partial charge in [0.25, 0.3) is 5.69 Å². The van der Waals surface area contributed by atoms with Gasteiger partial charge in [-0.25, -0.2) is 0 Å². The number of hydrogen-bond donors (Lipinski definition) is 0. The molecule has 1 aromatic heterocycles. The number of nitro benzene ring substituents is 1. The van der Waals surface area contributed by atoms with Crippen molar-refractivity contribution < 1.29 is 4.92 Å². The van der Waals surface area contributed by atoms with Crippen molar-refractivity contribution in [1.82, 2.24) is 4.57 Å². The number of hydrogen-bond acceptors (Lipinski definition) is 2. The molecule has 0 saturated heterocycles. The van der Waals surface area contributed by atoms with E-state index in [0.717, 1.165) is 10.9 Å². The molecule has 0 radical (unpaired) electrons. The fourth-order valence-electron chi connectivity index (χ4n) is 1.36. The summed E-state index contributed by atoms with van der Waals surface area (Å²) < 4.78 is 1.86. The highest BCUT2D eigenvalue weighted by atomic mass is 35.5. The molecule has 4 nitrogen and oxygen atoms in total. The van der Waals surface area contributed by atoms with Crippen LogP contribution in [0.15, 0.2) is 30.5 Å². The molecule has 0 saturated carbocycles. The highest BCUT2D eigenvalue weighted by Crippen LogP contribution is 2.20. The molecule has 1 heterocycles. The van der Waals surface area contributed by atoms with E-state index in [-0.39, 0.29) is 23.0 Å². The Kier molecular flexibility index (Phi) is 2.76. The number of aryl methyl sites for hydroxylation is 1. The van der Waals surface area contributed by atoms with E-state index in [2.05, 4.69) is 0 Å². The normalized spacial score (nSPS) is 9.79. The number of fused-ring (bicyclic) bond motifs is 1. The van der Waals surface area contributed by atoms with Gasteiger partial charge in [-0.1, -0.05) is 0 Å². The highest BCUT2D eigenvalue weighted by Gasteiger charge is 2.06. The SMILES string of the molecule is Cl.Cn1ccc2ccc([N+](=O)[O-])cc21. The average Bonchev–Trinajstić information content (AvgIpc) is 2.47. The monoisotopic (exact) mass is 212 g/mol. The zero-order chi connectivity index (χ0) is 9.42. The summed E-state index contributed by atoms with van der Waals surface area (Å²) in [5.41, 5.74) is 1.02. The highest BCUT2D eigenvalue weighted by molar-refractivity contribution is 5.85. The second-order valence-electron chi connectivity index (χ2n) is 2.93. The molecule has 2 aromatic rings. The lowest BCUT2D eigenvalue weighted by molar-refractivity contribution is -0.384. The second-order valence-corrected chi connectivity index (χ2v) is 2.93. The van der Waals surface area contributed by atoms with Crippen LogP contribution in [0.25, 0.3) is 10.9 Å². The Bertz CT molecular complexity index is 479. The third-order valence-corrected chi connectivity index (χ3v) is 2.08. The van der Waals surface area contributed by atoms with Crippen molar-refractivity contribution in [3.8, 4) is 0 Å². The van der Waals surface area contributed by atoms with E-state index in [1.807, 2.05) is 23.9 Å². The molecule has 2 rings (SSSR count). The minimum atomic E-state index is -0.382. The minimum Gasteiger partial charge on any atom is -0.350 e. The molecule has 0 bridgehead atoms. The Balaban J connectivity index is 0.000000980. The largest absolute Gasteiger partial charge is 0.350 e. The summed E-state index contributed by atoms with van der Waals surface area (Å²) in [5.74, 6) is 0. The van der Waals surface area contributed by atoms with Gasteiger partial charge in [-0.3, -0.25) is 10.1 Å². The third-order valence-electron chi connectivity index (χ3n) is 2.08. The predicted molar refractivity (Wildman–Crippen MR) is 56.8 cm³/mol. The summed E-state index contributed by atoms with van der Waals surface area (Å²) in [4.78, 5) is 10.1. The van der Waals surface area contributed by atoms with E-state index < -0.39 is 0 Å². The van der Waals surface area contributed by atoms with Crippen LogP contribution in [0, 0.1) is 10.1 Å². The third kappa shape index (κ3) is 1.56.